The van der Waals surface area contributed by atoms with E-state index in [1.54, 1.807) is 6.07 Å². The average Bonchev–Trinajstić information content (AvgIpc) is 2.71. The first-order valence-electron chi connectivity index (χ1n) is 5.26. The molecule has 1 aliphatic rings. The van der Waals surface area contributed by atoms with Gasteiger partial charge in [-0.2, -0.15) is 0 Å². The predicted octanol–water partition coefficient (Wildman–Crippen LogP) is 1.16. The summed E-state index contributed by atoms with van der Waals surface area (Å²) in [5.41, 5.74) is 5.14. The van der Waals surface area contributed by atoms with E-state index in [1.165, 1.54) is 24.1 Å². The van der Waals surface area contributed by atoms with Gasteiger partial charge in [0.05, 0.1) is 19.3 Å². The van der Waals surface area contributed by atoms with Crippen LogP contribution >= 0.6 is 0 Å². The van der Waals surface area contributed by atoms with Crippen molar-refractivity contribution in [2.24, 2.45) is 5.73 Å². The molecule has 0 radical (unpaired) electrons. The SMILES string of the molecule is COc1ccc(N2CCN(C(N)=O)C2=O)c(F)c1. The second kappa shape index (κ2) is 4.52. The molecule has 6 nitrogen and oxygen atoms in total. The van der Waals surface area contributed by atoms with Crippen LogP contribution in [0.1, 0.15) is 0 Å². The molecule has 4 amide bonds. The number of nitrogens with zero attached hydrogens (tertiary/aromatic N) is 2. The molecule has 18 heavy (non-hydrogen) atoms. The maximum Gasteiger partial charge on any atom is 0.332 e. The monoisotopic (exact) mass is 253 g/mol. The maximum atomic E-state index is 13.8. The number of rotatable bonds is 2. The number of carbonyl (C=O) groups is 2. The van der Waals surface area contributed by atoms with E-state index in [1.807, 2.05) is 0 Å². The van der Waals surface area contributed by atoms with Crippen LogP contribution < -0.4 is 15.4 Å². The molecule has 2 rings (SSSR count). The smallest absolute Gasteiger partial charge is 0.332 e. The number of carbonyl (C=O) groups excluding carboxylic acids is 2. The largest absolute Gasteiger partial charge is 0.497 e. The van der Waals surface area contributed by atoms with Crippen LogP contribution in [-0.2, 0) is 0 Å². The fourth-order valence-corrected chi connectivity index (χ4v) is 1.80. The van der Waals surface area contributed by atoms with Gasteiger partial charge < -0.3 is 10.5 Å². The molecule has 0 aromatic heterocycles. The predicted molar refractivity (Wildman–Crippen MR) is 62.0 cm³/mol. The Labute approximate surface area is 103 Å². The first-order valence-corrected chi connectivity index (χ1v) is 5.26. The van der Waals surface area contributed by atoms with Crippen molar-refractivity contribution in [1.29, 1.82) is 0 Å². The Morgan fingerprint density at radius 2 is 2.17 bits per heavy atom. The first-order chi connectivity index (χ1) is 8.54. The molecule has 1 fully saturated rings. The highest BCUT2D eigenvalue weighted by Crippen LogP contribution is 2.26. The molecule has 1 aliphatic heterocycles. The van der Waals surface area contributed by atoms with Crippen molar-refractivity contribution in [3.63, 3.8) is 0 Å². The summed E-state index contributed by atoms with van der Waals surface area (Å²) in [7, 11) is 1.42. The Morgan fingerprint density at radius 1 is 1.44 bits per heavy atom. The summed E-state index contributed by atoms with van der Waals surface area (Å²) in [5, 5.41) is 0. The highest BCUT2D eigenvalue weighted by Gasteiger charge is 2.34. The molecular formula is C11H12FN3O3. The summed E-state index contributed by atoms with van der Waals surface area (Å²) >= 11 is 0. The van der Waals surface area contributed by atoms with Gasteiger partial charge in [0.1, 0.15) is 5.75 Å². The maximum absolute atomic E-state index is 13.8. The van der Waals surface area contributed by atoms with Gasteiger partial charge in [0.25, 0.3) is 0 Å². The van der Waals surface area contributed by atoms with E-state index in [0.717, 1.165) is 4.90 Å². The van der Waals surface area contributed by atoms with Crippen LogP contribution in [0, 0.1) is 5.82 Å². The summed E-state index contributed by atoms with van der Waals surface area (Å²) in [6, 6.07) is 2.69. The van der Waals surface area contributed by atoms with Crippen LogP contribution in [0.4, 0.5) is 19.7 Å². The Balaban J connectivity index is 2.28. The van der Waals surface area contributed by atoms with E-state index in [2.05, 4.69) is 0 Å². The molecule has 2 N–H and O–H groups in total. The summed E-state index contributed by atoms with van der Waals surface area (Å²) in [6.07, 6.45) is 0. The van der Waals surface area contributed by atoms with Crippen LogP contribution in [0.3, 0.4) is 0 Å². The molecule has 0 saturated carbocycles. The molecule has 1 heterocycles. The number of hydrogen-bond donors (Lipinski definition) is 1. The third-order valence-electron chi connectivity index (χ3n) is 2.72. The molecule has 96 valence electrons. The fourth-order valence-electron chi connectivity index (χ4n) is 1.80. The van der Waals surface area contributed by atoms with Gasteiger partial charge in [-0.3, -0.25) is 4.90 Å². The zero-order chi connectivity index (χ0) is 13.3. The Bertz CT molecular complexity index is 506. The normalized spacial score (nSPS) is 15.1. The van der Waals surface area contributed by atoms with E-state index in [0.29, 0.717) is 5.75 Å². The van der Waals surface area contributed by atoms with Crippen LogP contribution in [0.5, 0.6) is 5.75 Å². The van der Waals surface area contributed by atoms with Crippen molar-refractivity contribution in [2.75, 3.05) is 25.1 Å². The second-order valence-corrected chi connectivity index (χ2v) is 3.74. The van der Waals surface area contributed by atoms with E-state index in [-0.39, 0.29) is 18.8 Å². The number of hydrogen-bond acceptors (Lipinski definition) is 3. The van der Waals surface area contributed by atoms with Gasteiger partial charge >= 0.3 is 12.1 Å². The zero-order valence-electron chi connectivity index (χ0n) is 9.72. The molecule has 0 spiro atoms. The third-order valence-corrected chi connectivity index (χ3v) is 2.72. The van der Waals surface area contributed by atoms with Gasteiger partial charge in [-0.25, -0.2) is 18.9 Å². The highest BCUT2D eigenvalue weighted by molar-refractivity contribution is 6.03. The minimum absolute atomic E-state index is 0.101. The minimum atomic E-state index is -0.837. The number of primary amides is 1. The Hall–Kier alpha value is -2.31. The number of ether oxygens (including phenoxy) is 1. The number of imide groups is 1. The van der Waals surface area contributed by atoms with Crippen LogP contribution in [0.15, 0.2) is 18.2 Å². The summed E-state index contributed by atoms with van der Waals surface area (Å²) in [4.78, 5) is 24.8. The van der Waals surface area contributed by atoms with E-state index in [9.17, 15) is 14.0 Å². The standard InChI is InChI=1S/C11H12FN3O3/c1-18-7-2-3-9(8(12)6-7)14-4-5-15(10(13)16)11(14)17/h2-3,6H,4-5H2,1H3,(H2,13,16). The van der Waals surface area contributed by atoms with E-state index < -0.39 is 17.9 Å². The first kappa shape index (κ1) is 12.2. The summed E-state index contributed by atoms with van der Waals surface area (Å²) < 4.78 is 18.7. The molecule has 1 aromatic carbocycles. The average molecular weight is 253 g/mol. The van der Waals surface area contributed by atoms with Crippen molar-refractivity contribution in [3.8, 4) is 5.75 Å². The van der Waals surface area contributed by atoms with Gasteiger partial charge in [0.15, 0.2) is 5.82 Å². The van der Waals surface area contributed by atoms with E-state index >= 15 is 0 Å². The van der Waals surface area contributed by atoms with Crippen molar-refractivity contribution in [1.82, 2.24) is 4.90 Å². The molecule has 0 atom stereocenters. The Morgan fingerprint density at radius 3 is 2.67 bits per heavy atom. The lowest BCUT2D eigenvalue weighted by Gasteiger charge is -2.17. The van der Waals surface area contributed by atoms with E-state index in [4.69, 9.17) is 10.5 Å². The molecule has 0 aliphatic carbocycles. The highest BCUT2D eigenvalue weighted by atomic mass is 19.1. The van der Waals surface area contributed by atoms with Crippen LogP contribution in [-0.4, -0.2) is 37.2 Å². The fraction of sp³-hybridized carbons (Fsp3) is 0.273. The van der Waals surface area contributed by atoms with Gasteiger partial charge in [0.2, 0.25) is 0 Å². The molecule has 0 bridgehead atoms. The van der Waals surface area contributed by atoms with Crippen LogP contribution in [0.2, 0.25) is 0 Å². The number of anilines is 1. The van der Waals surface area contributed by atoms with Gasteiger partial charge in [-0.1, -0.05) is 0 Å². The third kappa shape index (κ3) is 1.94. The number of urea groups is 2. The van der Waals surface area contributed by atoms with Crippen molar-refractivity contribution in [3.05, 3.63) is 24.0 Å². The number of amides is 4. The topological polar surface area (TPSA) is 75.9 Å². The van der Waals surface area contributed by atoms with Crippen molar-refractivity contribution in [2.45, 2.75) is 0 Å². The molecule has 7 heteroatoms. The molecule has 0 unspecified atom stereocenters. The summed E-state index contributed by atoms with van der Waals surface area (Å²) in [6.45, 7) is 0.366. The lowest BCUT2D eigenvalue weighted by atomic mass is 10.2. The van der Waals surface area contributed by atoms with Gasteiger partial charge in [-0.05, 0) is 12.1 Å². The summed E-state index contributed by atoms with van der Waals surface area (Å²) in [5.74, 6) is -0.233. The van der Waals surface area contributed by atoms with Gasteiger partial charge in [-0.15, -0.1) is 0 Å². The van der Waals surface area contributed by atoms with Crippen LogP contribution in [0.25, 0.3) is 0 Å². The minimum Gasteiger partial charge on any atom is -0.497 e. The van der Waals surface area contributed by atoms with Crippen molar-refractivity contribution >= 4 is 17.7 Å². The molecular weight excluding hydrogens is 241 g/mol. The second-order valence-electron chi connectivity index (χ2n) is 3.74. The molecule has 1 saturated heterocycles. The quantitative estimate of drug-likeness (QED) is 0.859. The number of methoxy groups -OCH3 is 1. The lowest BCUT2D eigenvalue weighted by molar-refractivity contribution is 0.206. The number of halogens is 1. The lowest BCUT2D eigenvalue weighted by Crippen LogP contribution is -2.39. The van der Waals surface area contributed by atoms with Crippen molar-refractivity contribution < 1.29 is 18.7 Å². The number of benzene rings is 1. The van der Waals surface area contributed by atoms with Gasteiger partial charge in [0, 0.05) is 12.6 Å². The zero-order valence-corrected chi connectivity index (χ0v) is 9.72. The molecule has 1 aromatic rings. The Kier molecular flexibility index (Phi) is 3.05. The number of nitrogens with two attached hydrogens (primary N) is 1.